The lowest BCUT2D eigenvalue weighted by Gasteiger charge is -2.18. The van der Waals surface area contributed by atoms with Gasteiger partial charge in [0.25, 0.3) is 0 Å². The zero-order valence-corrected chi connectivity index (χ0v) is 90.6. The molecule has 0 bridgehead atoms. The molecule has 0 N–H and O–H groups in total. The Bertz CT molecular complexity index is 2280. The fourth-order valence-electron chi connectivity index (χ4n) is 12.5. The molecule has 0 amide bonds. The van der Waals surface area contributed by atoms with Gasteiger partial charge < -0.3 is 185 Å². The van der Waals surface area contributed by atoms with Crippen LogP contribution in [0.2, 0.25) is 0 Å². The second kappa shape index (κ2) is 136. The van der Waals surface area contributed by atoms with Crippen LogP contribution in [0.3, 0.4) is 0 Å². The van der Waals surface area contributed by atoms with Crippen LogP contribution in [-0.2, 0) is 194 Å². The van der Waals surface area contributed by atoms with Crippen molar-refractivity contribution in [2.75, 3.05) is 496 Å². The third kappa shape index (κ3) is 134. The van der Waals surface area contributed by atoms with E-state index in [0.29, 0.717) is 489 Å². The van der Waals surface area contributed by atoms with Gasteiger partial charge in [0.1, 0.15) is 6.61 Å². The Hall–Kier alpha value is -2.54. The third-order valence-corrected chi connectivity index (χ3v) is 20.5. The molecule has 868 valence electrons. The van der Waals surface area contributed by atoms with Gasteiger partial charge in [-0.1, -0.05) is 142 Å². The molecule has 0 aromatic rings. The van der Waals surface area contributed by atoms with Crippen LogP contribution in [0.4, 0.5) is 0 Å². The van der Waals surface area contributed by atoms with E-state index in [4.69, 9.17) is 185 Å². The molecule has 1 atom stereocenters. The van der Waals surface area contributed by atoms with Crippen LogP contribution >= 0.6 is 0 Å². The number of methoxy groups -OCH3 is 1. The molecule has 0 aliphatic carbocycles. The van der Waals surface area contributed by atoms with Gasteiger partial charge in [-0.3, -0.25) is 9.59 Å². The van der Waals surface area contributed by atoms with Crippen molar-refractivity contribution in [1.29, 1.82) is 0 Å². The molecule has 0 radical (unpaired) electrons. The van der Waals surface area contributed by atoms with Gasteiger partial charge in [0.05, 0.1) is 482 Å². The van der Waals surface area contributed by atoms with Crippen LogP contribution in [0.1, 0.15) is 168 Å². The maximum atomic E-state index is 12.8. The molecule has 41 heteroatoms. The van der Waals surface area contributed by atoms with Crippen LogP contribution in [-0.4, -0.2) is 514 Å². The minimum atomic E-state index is -0.663. The van der Waals surface area contributed by atoms with E-state index in [9.17, 15) is 9.59 Å². The molecule has 0 aromatic carbocycles. The first-order valence-corrected chi connectivity index (χ1v) is 54.8. The van der Waals surface area contributed by atoms with Crippen LogP contribution < -0.4 is 0 Å². The lowest BCUT2D eigenvalue weighted by molar-refractivity contribution is -0.163. The average Bonchev–Trinajstić information content (AvgIpc) is 0.947. The summed E-state index contributed by atoms with van der Waals surface area (Å²) in [4.78, 5) is 25.4. The number of hydrogen-bond donors (Lipinski definition) is 0. The monoisotopic (exact) mass is 2110 g/mol. The maximum Gasteiger partial charge on any atom is 0.306 e. The summed E-state index contributed by atoms with van der Waals surface area (Å²) >= 11 is 0. The molecule has 0 fully saturated rings. The van der Waals surface area contributed by atoms with E-state index in [-0.39, 0.29) is 25.2 Å². The number of rotatable bonds is 137. The Balaban J connectivity index is 3.31. The van der Waals surface area contributed by atoms with Crippen LogP contribution in [0.25, 0.3) is 0 Å². The van der Waals surface area contributed by atoms with Crippen molar-refractivity contribution in [2.45, 2.75) is 174 Å². The van der Waals surface area contributed by atoms with Crippen molar-refractivity contribution >= 4 is 11.9 Å². The van der Waals surface area contributed by atoms with E-state index < -0.39 is 6.10 Å². The van der Waals surface area contributed by atoms with Crippen molar-refractivity contribution < 1.29 is 194 Å². The summed E-state index contributed by atoms with van der Waals surface area (Å²) in [5.41, 5.74) is 0. The largest absolute Gasteiger partial charge is 0.462 e. The predicted molar refractivity (Wildman–Crippen MR) is 544 cm³/mol. The fourth-order valence-corrected chi connectivity index (χ4v) is 12.5. The Morgan fingerprint density at radius 2 is 0.255 bits per heavy atom. The number of esters is 2. The highest BCUT2D eigenvalue weighted by atomic mass is 16.7. The first-order valence-electron chi connectivity index (χ1n) is 54.8. The molecule has 41 nitrogen and oxygen atoms in total. The highest BCUT2D eigenvalue weighted by Gasteiger charge is 2.19. The molecule has 0 aromatic heterocycles. The van der Waals surface area contributed by atoms with Gasteiger partial charge in [-0.05, 0) is 12.8 Å². The Morgan fingerprint density at radius 1 is 0.138 bits per heavy atom. The summed E-state index contributed by atoms with van der Waals surface area (Å²) in [6.07, 6.45) is 26.7. The molecule has 0 aliphatic heterocycles. The Morgan fingerprint density at radius 3 is 0.393 bits per heavy atom. The van der Waals surface area contributed by atoms with Crippen molar-refractivity contribution in [3.05, 3.63) is 0 Å². The summed E-state index contributed by atoms with van der Waals surface area (Å²) < 4.78 is 216. The zero-order chi connectivity index (χ0) is 104. The molecule has 1 unspecified atom stereocenters. The summed E-state index contributed by atoms with van der Waals surface area (Å²) in [5.74, 6) is -0.541. The maximum absolute atomic E-state index is 12.8. The molecular formula is C104H206O41. The van der Waals surface area contributed by atoms with Gasteiger partial charge in [-0.25, -0.2) is 0 Å². The van der Waals surface area contributed by atoms with Crippen LogP contribution in [0.15, 0.2) is 0 Å². The van der Waals surface area contributed by atoms with Crippen molar-refractivity contribution in [1.82, 2.24) is 0 Å². The van der Waals surface area contributed by atoms with Crippen LogP contribution in [0, 0.1) is 0 Å². The standard InChI is InChI=1S/C104H206O41/c1-4-6-8-10-12-14-16-18-20-22-24-26-103(105)144-101-102(145-104(106)27-25-23-21-19-17-15-13-11-9-7-5-2)100-143-99-98-142-97-96-141-95-94-140-93-92-139-91-90-138-89-88-137-87-86-136-85-84-135-83-82-134-81-80-133-79-78-132-77-76-131-75-74-130-73-72-129-71-70-128-69-68-127-67-66-126-65-64-125-63-62-124-61-60-123-59-58-122-57-56-121-55-54-120-53-52-119-51-50-118-49-48-117-47-46-116-45-44-115-43-42-114-41-40-113-39-38-112-37-36-111-35-34-110-33-32-109-31-30-108-29-28-107-3/h102H,4-101H2,1-3H3. The average molecular weight is 2110 g/mol. The van der Waals surface area contributed by atoms with Gasteiger partial charge >= 0.3 is 11.9 Å². The lowest BCUT2D eigenvalue weighted by Crippen LogP contribution is -2.30. The first-order chi connectivity index (χ1) is 72.1. The number of carbonyl (C=O) groups excluding carboxylic acids is 2. The normalized spacial score (nSPS) is 12.0. The second-order valence-corrected chi connectivity index (χ2v) is 32.9. The molecule has 0 heterocycles. The van der Waals surface area contributed by atoms with E-state index in [0.717, 1.165) is 38.5 Å². The van der Waals surface area contributed by atoms with E-state index in [1.807, 2.05) is 0 Å². The van der Waals surface area contributed by atoms with Gasteiger partial charge in [-0.2, -0.15) is 0 Å². The molecule has 145 heavy (non-hydrogen) atoms. The van der Waals surface area contributed by atoms with Crippen LogP contribution in [0.5, 0.6) is 0 Å². The molecule has 0 saturated carbocycles. The number of unbranched alkanes of at least 4 members (excludes halogenated alkanes) is 20. The second-order valence-electron chi connectivity index (χ2n) is 32.9. The molecule has 0 rings (SSSR count). The summed E-state index contributed by atoms with van der Waals surface area (Å²) in [6, 6.07) is 0. The number of hydrogen-bond acceptors (Lipinski definition) is 41. The minimum absolute atomic E-state index is 0.0146. The van der Waals surface area contributed by atoms with E-state index in [1.165, 1.54) is 103 Å². The van der Waals surface area contributed by atoms with E-state index in [2.05, 4.69) is 13.8 Å². The highest BCUT2D eigenvalue weighted by Crippen LogP contribution is 2.15. The minimum Gasteiger partial charge on any atom is -0.462 e. The van der Waals surface area contributed by atoms with Gasteiger partial charge in [0.15, 0.2) is 6.10 Å². The quantitative estimate of drug-likeness (QED) is 0.0403. The summed E-state index contributed by atoms with van der Waals surface area (Å²) in [7, 11) is 1.64. The van der Waals surface area contributed by atoms with Gasteiger partial charge in [0, 0.05) is 20.0 Å². The van der Waals surface area contributed by atoms with E-state index in [1.54, 1.807) is 7.11 Å². The lowest BCUT2D eigenvalue weighted by atomic mass is 10.1. The molecule has 0 aliphatic rings. The van der Waals surface area contributed by atoms with Crippen molar-refractivity contribution in [2.24, 2.45) is 0 Å². The molecule has 0 spiro atoms. The van der Waals surface area contributed by atoms with Gasteiger partial charge in [-0.15, -0.1) is 0 Å². The highest BCUT2D eigenvalue weighted by molar-refractivity contribution is 5.70. The zero-order valence-electron chi connectivity index (χ0n) is 90.6. The van der Waals surface area contributed by atoms with Gasteiger partial charge in [0.2, 0.25) is 0 Å². The topological polar surface area (TPSA) is 394 Å². The molecule has 0 saturated heterocycles. The summed E-state index contributed by atoms with van der Waals surface area (Å²) in [6.45, 7) is 38.8. The smallest absolute Gasteiger partial charge is 0.306 e. The Kier molecular flexibility index (Phi) is 133. The van der Waals surface area contributed by atoms with Crippen molar-refractivity contribution in [3.8, 4) is 0 Å². The first kappa shape index (κ1) is 142. The number of carbonyl (C=O) groups is 2. The third-order valence-electron chi connectivity index (χ3n) is 20.5. The van der Waals surface area contributed by atoms with E-state index >= 15 is 0 Å². The molecular weight excluding hydrogens is 1910 g/mol. The Labute approximate surface area is 872 Å². The van der Waals surface area contributed by atoms with Crippen molar-refractivity contribution in [3.63, 3.8) is 0 Å². The fraction of sp³-hybridized carbons (Fsp3) is 0.981. The SMILES string of the molecule is CCCCCCCCCCCCCC(=O)OCC(COCCOCCOCCOCCOCCOCCOCCOCCOCCOCCOCCOCCOCCOCCOCCOCCOCCOCCOCCOCCOCCOCCOCCOCCOCCOCCOCCOCCOCCOCCOCCOCCOCCOCCOCCOCCOC)OC(=O)CCCCCCCCCCCCC. The number of ether oxygens (including phenoxy) is 39. The predicted octanol–water partition coefficient (Wildman–Crippen LogP) is 10.1. The summed E-state index contributed by atoms with van der Waals surface area (Å²) in [5, 5.41) is 0.